The van der Waals surface area contributed by atoms with Gasteiger partial charge >= 0.3 is 0 Å². The molecule has 6 heteroatoms. The summed E-state index contributed by atoms with van der Waals surface area (Å²) in [6, 6.07) is 17.6. The van der Waals surface area contributed by atoms with E-state index < -0.39 is 0 Å². The first kappa shape index (κ1) is 18.5. The lowest BCUT2D eigenvalue weighted by Gasteiger charge is -2.24. The molecule has 3 heterocycles. The zero-order chi connectivity index (χ0) is 19.3. The Morgan fingerprint density at radius 1 is 1.11 bits per heavy atom. The molecule has 28 heavy (non-hydrogen) atoms. The Bertz CT molecular complexity index is 870. The van der Waals surface area contributed by atoms with Crippen LogP contribution in [0.15, 0.2) is 70.7 Å². The number of nitrogens with zero attached hydrogens (tertiary/aromatic N) is 2. The Balaban J connectivity index is 1.46. The van der Waals surface area contributed by atoms with E-state index in [9.17, 15) is 9.59 Å². The number of benzene rings is 1. The Labute approximate surface area is 168 Å². The van der Waals surface area contributed by atoms with Crippen molar-refractivity contribution in [3.8, 4) is 0 Å². The van der Waals surface area contributed by atoms with E-state index in [1.807, 2.05) is 60.0 Å². The smallest absolute Gasteiger partial charge is 0.228 e. The first-order valence-corrected chi connectivity index (χ1v) is 10.2. The summed E-state index contributed by atoms with van der Waals surface area (Å²) in [6.45, 7) is 1.95. The summed E-state index contributed by atoms with van der Waals surface area (Å²) >= 11 is 1.62. The SMILES string of the molecule is O=C1C[C@@H](C(=O)N(Cc2ccco2)Cc2cccs2)CN1Cc1ccccc1. The fourth-order valence-electron chi connectivity index (χ4n) is 3.55. The van der Waals surface area contributed by atoms with E-state index in [0.717, 1.165) is 16.2 Å². The highest BCUT2D eigenvalue weighted by Crippen LogP contribution is 2.25. The van der Waals surface area contributed by atoms with Gasteiger partial charge in [-0.1, -0.05) is 36.4 Å². The molecule has 2 amide bonds. The third-order valence-electron chi connectivity index (χ3n) is 4.95. The molecule has 1 aliphatic rings. The largest absolute Gasteiger partial charge is 0.467 e. The lowest BCUT2D eigenvalue weighted by Crippen LogP contribution is -2.36. The minimum Gasteiger partial charge on any atom is -0.467 e. The first-order chi connectivity index (χ1) is 13.7. The van der Waals surface area contributed by atoms with Crippen LogP contribution in [-0.2, 0) is 29.2 Å². The maximum atomic E-state index is 13.3. The average molecular weight is 394 g/mol. The first-order valence-electron chi connectivity index (χ1n) is 9.34. The molecule has 2 aromatic heterocycles. The van der Waals surface area contributed by atoms with Gasteiger partial charge < -0.3 is 14.2 Å². The van der Waals surface area contributed by atoms with E-state index in [4.69, 9.17) is 4.42 Å². The minimum absolute atomic E-state index is 0.00807. The van der Waals surface area contributed by atoms with Crippen LogP contribution in [0.5, 0.6) is 0 Å². The van der Waals surface area contributed by atoms with Gasteiger partial charge in [-0.3, -0.25) is 9.59 Å². The number of thiophene rings is 1. The maximum absolute atomic E-state index is 13.3. The van der Waals surface area contributed by atoms with Gasteiger partial charge in [0.1, 0.15) is 5.76 Å². The van der Waals surface area contributed by atoms with Gasteiger partial charge in [0, 0.05) is 24.4 Å². The second-order valence-electron chi connectivity index (χ2n) is 7.01. The van der Waals surface area contributed by atoms with Crippen molar-refractivity contribution in [3.63, 3.8) is 0 Å². The minimum atomic E-state index is -0.314. The zero-order valence-electron chi connectivity index (χ0n) is 15.5. The summed E-state index contributed by atoms with van der Waals surface area (Å²) < 4.78 is 5.45. The molecule has 0 spiro atoms. The number of amides is 2. The Morgan fingerprint density at radius 3 is 2.68 bits per heavy atom. The second kappa shape index (κ2) is 8.44. The van der Waals surface area contributed by atoms with Crippen molar-refractivity contribution in [2.75, 3.05) is 6.54 Å². The molecule has 0 saturated carbocycles. The summed E-state index contributed by atoms with van der Waals surface area (Å²) in [7, 11) is 0. The van der Waals surface area contributed by atoms with Crippen molar-refractivity contribution >= 4 is 23.2 Å². The van der Waals surface area contributed by atoms with Crippen LogP contribution in [0.3, 0.4) is 0 Å². The fourth-order valence-corrected chi connectivity index (χ4v) is 4.26. The number of likely N-dealkylation sites (tertiary alicyclic amines) is 1. The van der Waals surface area contributed by atoms with Crippen molar-refractivity contribution in [1.29, 1.82) is 0 Å². The van der Waals surface area contributed by atoms with E-state index in [1.54, 1.807) is 27.4 Å². The molecule has 0 aliphatic carbocycles. The molecule has 1 fully saturated rings. The van der Waals surface area contributed by atoms with Crippen LogP contribution in [0.4, 0.5) is 0 Å². The lowest BCUT2D eigenvalue weighted by molar-refractivity contribution is -0.137. The molecular formula is C22H22N2O3S. The highest BCUT2D eigenvalue weighted by Gasteiger charge is 2.36. The normalized spacial score (nSPS) is 16.5. The van der Waals surface area contributed by atoms with Crippen LogP contribution in [0.1, 0.15) is 22.6 Å². The number of hydrogen-bond donors (Lipinski definition) is 0. The number of hydrogen-bond acceptors (Lipinski definition) is 4. The van der Waals surface area contributed by atoms with Crippen molar-refractivity contribution in [1.82, 2.24) is 9.80 Å². The molecule has 1 saturated heterocycles. The molecule has 0 N–H and O–H groups in total. The van der Waals surface area contributed by atoms with Gasteiger partial charge in [0.15, 0.2) is 0 Å². The molecule has 1 aliphatic heterocycles. The van der Waals surface area contributed by atoms with Crippen LogP contribution in [0.2, 0.25) is 0 Å². The topological polar surface area (TPSA) is 53.8 Å². The van der Waals surface area contributed by atoms with Crippen LogP contribution >= 0.6 is 11.3 Å². The van der Waals surface area contributed by atoms with Crippen molar-refractivity contribution in [2.24, 2.45) is 5.92 Å². The van der Waals surface area contributed by atoms with Gasteiger partial charge in [-0.15, -0.1) is 11.3 Å². The highest BCUT2D eigenvalue weighted by molar-refractivity contribution is 7.09. The quantitative estimate of drug-likeness (QED) is 0.610. The monoisotopic (exact) mass is 394 g/mol. The molecule has 1 aromatic carbocycles. The number of rotatable bonds is 7. The lowest BCUT2D eigenvalue weighted by atomic mass is 10.1. The van der Waals surface area contributed by atoms with Gasteiger partial charge in [-0.2, -0.15) is 0 Å². The van der Waals surface area contributed by atoms with Crippen LogP contribution in [-0.4, -0.2) is 28.2 Å². The van der Waals surface area contributed by atoms with E-state index in [2.05, 4.69) is 0 Å². The van der Waals surface area contributed by atoms with Crippen molar-refractivity contribution in [3.05, 3.63) is 82.4 Å². The van der Waals surface area contributed by atoms with Gasteiger partial charge in [-0.05, 0) is 29.1 Å². The molecule has 5 nitrogen and oxygen atoms in total. The van der Waals surface area contributed by atoms with Gasteiger partial charge in [0.2, 0.25) is 11.8 Å². The molecule has 144 valence electrons. The van der Waals surface area contributed by atoms with E-state index >= 15 is 0 Å². The predicted molar refractivity (Wildman–Crippen MR) is 107 cm³/mol. The summed E-state index contributed by atoms with van der Waals surface area (Å²) in [5.74, 6) is 0.478. The summed E-state index contributed by atoms with van der Waals surface area (Å²) in [5.41, 5.74) is 1.08. The van der Waals surface area contributed by atoms with Crippen molar-refractivity contribution in [2.45, 2.75) is 26.1 Å². The molecule has 0 radical (unpaired) electrons. The molecule has 1 atom stereocenters. The number of carbonyl (C=O) groups excluding carboxylic acids is 2. The number of furan rings is 1. The van der Waals surface area contributed by atoms with Crippen LogP contribution in [0, 0.1) is 5.92 Å². The highest BCUT2D eigenvalue weighted by atomic mass is 32.1. The van der Waals surface area contributed by atoms with E-state index in [1.165, 1.54) is 0 Å². The third kappa shape index (κ3) is 4.34. The fraction of sp³-hybridized carbons (Fsp3) is 0.273. The summed E-state index contributed by atoms with van der Waals surface area (Å²) in [5, 5.41) is 2.01. The van der Waals surface area contributed by atoms with Crippen LogP contribution in [0.25, 0.3) is 0 Å². The molecular weight excluding hydrogens is 372 g/mol. The van der Waals surface area contributed by atoms with E-state index in [-0.39, 0.29) is 24.2 Å². The third-order valence-corrected chi connectivity index (χ3v) is 5.81. The number of carbonyl (C=O) groups is 2. The maximum Gasteiger partial charge on any atom is 0.228 e. The second-order valence-corrected chi connectivity index (χ2v) is 8.05. The Hall–Kier alpha value is -2.86. The molecule has 4 rings (SSSR count). The Morgan fingerprint density at radius 2 is 1.96 bits per heavy atom. The van der Waals surface area contributed by atoms with Gasteiger partial charge in [0.25, 0.3) is 0 Å². The standard InChI is InChI=1S/C22H22N2O3S/c25-21-12-18(14-23(21)13-17-6-2-1-3-7-17)22(26)24(15-19-8-4-10-27-19)16-20-9-5-11-28-20/h1-11,18H,12-16H2/t18-/m1/s1. The zero-order valence-corrected chi connectivity index (χ0v) is 16.3. The van der Waals surface area contributed by atoms with Crippen molar-refractivity contribution < 1.29 is 14.0 Å². The summed E-state index contributed by atoms with van der Waals surface area (Å²) in [4.78, 5) is 30.4. The molecule has 0 bridgehead atoms. The molecule has 3 aromatic rings. The van der Waals surface area contributed by atoms with E-state index in [0.29, 0.717) is 26.2 Å². The predicted octanol–water partition coefficient (Wildman–Crippen LogP) is 3.92. The molecule has 0 unspecified atom stereocenters. The van der Waals surface area contributed by atoms with Gasteiger partial charge in [0.05, 0.1) is 25.3 Å². The summed E-state index contributed by atoms with van der Waals surface area (Å²) in [6.07, 6.45) is 1.88. The van der Waals surface area contributed by atoms with Crippen LogP contribution < -0.4 is 0 Å². The average Bonchev–Trinajstić information content (AvgIpc) is 3.46. The Kier molecular flexibility index (Phi) is 5.58. The van der Waals surface area contributed by atoms with Gasteiger partial charge in [-0.25, -0.2) is 0 Å².